The van der Waals surface area contributed by atoms with E-state index in [4.69, 9.17) is 33.7 Å². The molecule has 192 valence electrons. The maximum absolute atomic E-state index is 13.2. The Kier molecular flexibility index (Phi) is 6.70. The molecule has 0 atom stereocenters. The molecule has 38 heavy (non-hydrogen) atoms. The highest BCUT2D eigenvalue weighted by atomic mass is 35.5. The van der Waals surface area contributed by atoms with Crippen LogP contribution in [0.2, 0.25) is 10.0 Å². The van der Waals surface area contributed by atoms with E-state index in [9.17, 15) is 9.59 Å². The maximum atomic E-state index is 13.2. The molecule has 0 aliphatic carbocycles. The predicted octanol–water partition coefficient (Wildman–Crippen LogP) is 4.55. The zero-order chi connectivity index (χ0) is 27.0. The second-order valence-corrected chi connectivity index (χ2v) is 8.98. The summed E-state index contributed by atoms with van der Waals surface area (Å²) >= 11 is 12.7. The molecule has 1 amide bonds. The Balaban J connectivity index is 1.48. The number of nitrogens with one attached hydrogen (secondary N) is 1. The zero-order valence-electron chi connectivity index (χ0n) is 20.1. The number of carbonyl (C=O) groups excluding carboxylic acids is 1. The van der Waals surface area contributed by atoms with Crippen molar-refractivity contribution in [2.75, 3.05) is 5.32 Å². The number of aromatic nitrogens is 6. The predicted molar refractivity (Wildman–Crippen MR) is 144 cm³/mol. The van der Waals surface area contributed by atoms with Crippen molar-refractivity contribution in [3.63, 3.8) is 0 Å². The molecule has 0 bridgehead atoms. The van der Waals surface area contributed by atoms with Crippen LogP contribution in [0.15, 0.2) is 59.8 Å². The first-order valence-corrected chi connectivity index (χ1v) is 12.1. The standard InChI is InChI=1S/C25H20Cl2N8O3/c1-3-35-8-7-19(33-35)38-23-16(21(28)36)10-14(12-29-23)31-25-30-11-13-9-15(24(37)34(2)22(13)32-25)20-17(26)5-4-6-18(20)27/h4-12H,3H2,1-2H3,(H2,28,36)(H,30,31,32). The average Bonchev–Trinajstić information content (AvgIpc) is 3.35. The molecule has 4 aromatic heterocycles. The fourth-order valence-corrected chi connectivity index (χ4v) is 4.42. The number of hydrogen-bond donors (Lipinski definition) is 2. The third-order valence-corrected chi connectivity index (χ3v) is 6.32. The molecule has 5 rings (SSSR count). The van der Waals surface area contributed by atoms with E-state index >= 15 is 0 Å². The van der Waals surface area contributed by atoms with Crippen molar-refractivity contribution in [1.82, 2.24) is 29.3 Å². The zero-order valence-corrected chi connectivity index (χ0v) is 21.7. The molecule has 1 aromatic carbocycles. The highest BCUT2D eigenvalue weighted by molar-refractivity contribution is 6.39. The van der Waals surface area contributed by atoms with Gasteiger partial charge in [-0.2, -0.15) is 4.98 Å². The van der Waals surface area contributed by atoms with Gasteiger partial charge in [-0.05, 0) is 31.2 Å². The molecule has 5 aromatic rings. The number of amides is 1. The van der Waals surface area contributed by atoms with Crippen LogP contribution in [0, 0.1) is 0 Å². The van der Waals surface area contributed by atoms with Crippen LogP contribution in [0.25, 0.3) is 22.2 Å². The number of nitrogens with zero attached hydrogens (tertiary/aromatic N) is 6. The highest BCUT2D eigenvalue weighted by Crippen LogP contribution is 2.34. The Morgan fingerprint density at radius 3 is 2.58 bits per heavy atom. The summed E-state index contributed by atoms with van der Waals surface area (Å²) in [5.74, 6) is -0.280. The topological polar surface area (TPSA) is 143 Å². The largest absolute Gasteiger partial charge is 0.418 e. The van der Waals surface area contributed by atoms with Gasteiger partial charge >= 0.3 is 0 Å². The van der Waals surface area contributed by atoms with E-state index in [2.05, 4.69) is 25.4 Å². The van der Waals surface area contributed by atoms with Crippen molar-refractivity contribution in [2.24, 2.45) is 12.8 Å². The van der Waals surface area contributed by atoms with Crippen LogP contribution < -0.4 is 21.3 Å². The fourth-order valence-electron chi connectivity index (χ4n) is 3.82. The molecule has 0 aliphatic rings. The molecule has 0 unspecified atom stereocenters. The van der Waals surface area contributed by atoms with E-state index in [0.717, 1.165) is 0 Å². The molecule has 0 aliphatic heterocycles. The number of carbonyl (C=O) groups is 1. The van der Waals surface area contributed by atoms with Gasteiger partial charge in [-0.1, -0.05) is 29.3 Å². The molecule has 0 saturated heterocycles. The van der Waals surface area contributed by atoms with Crippen molar-refractivity contribution in [3.05, 3.63) is 81.0 Å². The van der Waals surface area contributed by atoms with E-state index < -0.39 is 5.91 Å². The van der Waals surface area contributed by atoms with Crippen molar-refractivity contribution >= 4 is 51.8 Å². The average molecular weight is 551 g/mol. The lowest BCUT2D eigenvalue weighted by Crippen LogP contribution is -2.20. The van der Waals surface area contributed by atoms with E-state index in [1.165, 1.54) is 16.8 Å². The van der Waals surface area contributed by atoms with Gasteiger partial charge in [0.15, 0.2) is 0 Å². The highest BCUT2D eigenvalue weighted by Gasteiger charge is 2.18. The molecule has 11 nitrogen and oxygen atoms in total. The summed E-state index contributed by atoms with van der Waals surface area (Å²) < 4.78 is 8.71. The van der Waals surface area contributed by atoms with Crippen molar-refractivity contribution < 1.29 is 9.53 Å². The number of anilines is 2. The minimum atomic E-state index is -0.737. The van der Waals surface area contributed by atoms with Gasteiger partial charge in [0.05, 0.1) is 27.5 Å². The first-order chi connectivity index (χ1) is 18.2. The molecular formula is C25H20Cl2N8O3. The minimum absolute atomic E-state index is 0.0111. The lowest BCUT2D eigenvalue weighted by Gasteiger charge is -2.12. The van der Waals surface area contributed by atoms with E-state index in [1.54, 1.807) is 54.5 Å². The van der Waals surface area contributed by atoms with Crippen LogP contribution in [0.5, 0.6) is 11.8 Å². The maximum Gasteiger partial charge on any atom is 0.259 e. The van der Waals surface area contributed by atoms with Crippen LogP contribution in [0.3, 0.4) is 0 Å². The molecular weight excluding hydrogens is 531 g/mol. The van der Waals surface area contributed by atoms with Gasteiger partial charge in [0.25, 0.3) is 11.5 Å². The molecule has 0 spiro atoms. The van der Waals surface area contributed by atoms with Crippen LogP contribution in [0.1, 0.15) is 17.3 Å². The van der Waals surface area contributed by atoms with E-state index in [-0.39, 0.29) is 28.8 Å². The SMILES string of the molecule is CCn1ccc(Oc2ncc(Nc3ncc4cc(-c5c(Cl)cccc5Cl)c(=O)n(C)c4n3)cc2C(N)=O)n1. The van der Waals surface area contributed by atoms with Crippen molar-refractivity contribution in [3.8, 4) is 22.9 Å². The van der Waals surface area contributed by atoms with Crippen LogP contribution in [-0.4, -0.2) is 35.2 Å². The number of rotatable bonds is 7. The van der Waals surface area contributed by atoms with Gasteiger partial charge in [-0.3, -0.25) is 18.8 Å². The third-order valence-electron chi connectivity index (χ3n) is 5.69. The molecule has 0 fully saturated rings. The van der Waals surface area contributed by atoms with E-state index in [1.807, 2.05) is 6.92 Å². The molecule has 4 heterocycles. The smallest absolute Gasteiger partial charge is 0.259 e. The summed E-state index contributed by atoms with van der Waals surface area (Å²) in [5.41, 5.74) is 6.78. The lowest BCUT2D eigenvalue weighted by molar-refractivity contribution is 0.0997. The summed E-state index contributed by atoms with van der Waals surface area (Å²) in [7, 11) is 1.59. The molecule has 3 N–H and O–H groups in total. The Bertz CT molecular complexity index is 1750. The Labute approximate surface area is 225 Å². The summed E-state index contributed by atoms with van der Waals surface area (Å²) in [6.07, 6.45) is 4.74. The van der Waals surface area contributed by atoms with Crippen molar-refractivity contribution in [1.29, 1.82) is 0 Å². The first-order valence-electron chi connectivity index (χ1n) is 11.3. The normalized spacial score (nSPS) is 11.1. The second-order valence-electron chi connectivity index (χ2n) is 8.17. The molecule has 0 saturated carbocycles. The Hall–Kier alpha value is -4.48. The van der Waals surface area contributed by atoms with Gasteiger partial charge in [0, 0.05) is 43.0 Å². The minimum Gasteiger partial charge on any atom is -0.418 e. The summed E-state index contributed by atoms with van der Waals surface area (Å²) in [6, 6.07) is 9.80. The number of fused-ring (bicyclic) bond motifs is 1. The van der Waals surface area contributed by atoms with Gasteiger partial charge in [-0.25, -0.2) is 9.97 Å². The Morgan fingerprint density at radius 2 is 1.89 bits per heavy atom. The third kappa shape index (κ3) is 4.76. The summed E-state index contributed by atoms with van der Waals surface area (Å²) in [5, 5.41) is 8.51. The van der Waals surface area contributed by atoms with Gasteiger partial charge < -0.3 is 15.8 Å². The number of benzene rings is 1. The fraction of sp³-hybridized carbons (Fsp3) is 0.120. The van der Waals surface area contributed by atoms with Gasteiger partial charge in [0.1, 0.15) is 11.2 Å². The quantitative estimate of drug-likeness (QED) is 0.300. The van der Waals surface area contributed by atoms with Crippen molar-refractivity contribution in [2.45, 2.75) is 13.5 Å². The Morgan fingerprint density at radius 1 is 1.13 bits per heavy atom. The van der Waals surface area contributed by atoms with Gasteiger partial charge in [0.2, 0.25) is 17.7 Å². The number of aryl methyl sites for hydroxylation is 2. The van der Waals surface area contributed by atoms with Crippen LogP contribution in [0.4, 0.5) is 11.6 Å². The van der Waals surface area contributed by atoms with Gasteiger partial charge in [-0.15, -0.1) is 5.10 Å². The summed E-state index contributed by atoms with van der Waals surface area (Å²) in [4.78, 5) is 38.3. The van der Waals surface area contributed by atoms with Crippen LogP contribution >= 0.6 is 23.2 Å². The van der Waals surface area contributed by atoms with E-state index in [0.29, 0.717) is 44.4 Å². The number of ether oxygens (including phenoxy) is 1. The molecule has 13 heteroatoms. The number of primary amides is 1. The first kappa shape index (κ1) is 25.2. The lowest BCUT2D eigenvalue weighted by atomic mass is 10.1. The number of hydrogen-bond acceptors (Lipinski definition) is 8. The van der Waals surface area contributed by atoms with Crippen LogP contribution in [-0.2, 0) is 13.6 Å². The number of nitrogens with two attached hydrogens (primary N) is 1. The molecule has 0 radical (unpaired) electrons. The second kappa shape index (κ2) is 10.1. The number of pyridine rings is 2. The monoisotopic (exact) mass is 550 g/mol. The summed E-state index contributed by atoms with van der Waals surface area (Å²) in [6.45, 7) is 2.60. The number of halogens is 2.